The van der Waals surface area contributed by atoms with E-state index in [1.807, 2.05) is 24.3 Å². The highest BCUT2D eigenvalue weighted by Crippen LogP contribution is 2.24. The summed E-state index contributed by atoms with van der Waals surface area (Å²) in [5.41, 5.74) is 0.678. The van der Waals surface area contributed by atoms with Crippen molar-refractivity contribution in [1.82, 2.24) is 14.0 Å². The van der Waals surface area contributed by atoms with E-state index in [2.05, 4.69) is 15.9 Å². The second-order valence-electron chi connectivity index (χ2n) is 7.19. The highest BCUT2D eigenvalue weighted by atomic mass is 79.9. The lowest BCUT2D eigenvalue weighted by Crippen LogP contribution is -2.46. The van der Waals surface area contributed by atoms with Gasteiger partial charge in [-0.05, 0) is 36.8 Å². The van der Waals surface area contributed by atoms with Crippen LogP contribution in [-0.2, 0) is 22.6 Å². The van der Waals surface area contributed by atoms with E-state index >= 15 is 0 Å². The van der Waals surface area contributed by atoms with Gasteiger partial charge in [0.05, 0.1) is 24.1 Å². The summed E-state index contributed by atoms with van der Waals surface area (Å²) in [6, 6.07) is 14.7. The largest absolute Gasteiger partial charge is 0.370 e. The van der Waals surface area contributed by atoms with E-state index in [0.717, 1.165) is 10.0 Å². The SMILES string of the molecule is CCn1c(=O)c2ccccc2n(CC(=O)N2CCOC(c3ccc(Br)cc3)C2)c1=O. The molecule has 0 aliphatic carbocycles. The molecule has 2 aromatic carbocycles. The number of rotatable bonds is 4. The van der Waals surface area contributed by atoms with Gasteiger partial charge in [-0.3, -0.25) is 18.7 Å². The standard InChI is InChI=1S/C22H22BrN3O4/c1-2-25-21(28)17-5-3-4-6-18(17)26(22(25)29)14-20(27)24-11-12-30-19(13-24)15-7-9-16(23)10-8-15/h3-10,19H,2,11-14H2,1H3. The van der Waals surface area contributed by atoms with Crippen LogP contribution in [0.4, 0.5) is 0 Å². The number of fused-ring (bicyclic) bond motifs is 1. The fourth-order valence-corrected chi connectivity index (χ4v) is 4.06. The summed E-state index contributed by atoms with van der Waals surface area (Å²) in [5.74, 6) is -0.172. The van der Waals surface area contributed by atoms with Crippen LogP contribution in [-0.4, -0.2) is 39.6 Å². The number of ether oxygens (including phenoxy) is 1. The zero-order valence-corrected chi connectivity index (χ0v) is 18.2. The van der Waals surface area contributed by atoms with Crippen molar-refractivity contribution in [3.05, 3.63) is 79.4 Å². The average molecular weight is 472 g/mol. The van der Waals surface area contributed by atoms with Crippen molar-refractivity contribution in [1.29, 1.82) is 0 Å². The van der Waals surface area contributed by atoms with Crippen LogP contribution in [0.2, 0.25) is 0 Å². The van der Waals surface area contributed by atoms with Gasteiger partial charge < -0.3 is 9.64 Å². The molecule has 1 unspecified atom stereocenters. The molecule has 0 radical (unpaired) electrons. The second-order valence-corrected chi connectivity index (χ2v) is 8.10. The molecule has 1 saturated heterocycles. The van der Waals surface area contributed by atoms with Gasteiger partial charge in [0.25, 0.3) is 5.56 Å². The first-order valence-electron chi connectivity index (χ1n) is 9.86. The van der Waals surface area contributed by atoms with Gasteiger partial charge in [0, 0.05) is 17.6 Å². The average Bonchev–Trinajstić information content (AvgIpc) is 2.77. The first kappa shape index (κ1) is 20.6. The number of nitrogens with zero attached hydrogens (tertiary/aromatic N) is 3. The summed E-state index contributed by atoms with van der Waals surface area (Å²) >= 11 is 3.42. The number of hydrogen-bond acceptors (Lipinski definition) is 4. The molecule has 1 fully saturated rings. The lowest BCUT2D eigenvalue weighted by Gasteiger charge is -2.33. The highest BCUT2D eigenvalue weighted by molar-refractivity contribution is 9.10. The monoisotopic (exact) mass is 471 g/mol. The Labute approximate surface area is 181 Å². The number of aromatic nitrogens is 2. The maximum atomic E-state index is 13.1. The fourth-order valence-electron chi connectivity index (χ4n) is 3.79. The molecule has 30 heavy (non-hydrogen) atoms. The van der Waals surface area contributed by atoms with Crippen molar-refractivity contribution < 1.29 is 9.53 Å². The topological polar surface area (TPSA) is 73.5 Å². The quantitative estimate of drug-likeness (QED) is 0.585. The molecule has 8 heteroatoms. The number of para-hydroxylation sites is 1. The zero-order chi connectivity index (χ0) is 21.3. The van der Waals surface area contributed by atoms with Crippen molar-refractivity contribution in [3.8, 4) is 0 Å². The Morgan fingerprint density at radius 2 is 1.83 bits per heavy atom. The van der Waals surface area contributed by atoms with Crippen LogP contribution < -0.4 is 11.2 Å². The van der Waals surface area contributed by atoms with Crippen molar-refractivity contribution in [3.63, 3.8) is 0 Å². The highest BCUT2D eigenvalue weighted by Gasteiger charge is 2.26. The number of halogens is 1. The number of carbonyl (C=O) groups excluding carboxylic acids is 1. The zero-order valence-electron chi connectivity index (χ0n) is 16.6. The first-order chi connectivity index (χ1) is 14.5. The van der Waals surface area contributed by atoms with E-state index in [9.17, 15) is 14.4 Å². The molecule has 1 amide bonds. The number of benzene rings is 2. The van der Waals surface area contributed by atoms with E-state index in [-0.39, 0.29) is 30.7 Å². The maximum absolute atomic E-state index is 13.1. The fraction of sp³-hybridized carbons (Fsp3) is 0.318. The van der Waals surface area contributed by atoms with E-state index < -0.39 is 5.69 Å². The molecule has 3 aromatic rings. The number of hydrogen-bond donors (Lipinski definition) is 0. The smallest absolute Gasteiger partial charge is 0.331 e. The minimum Gasteiger partial charge on any atom is -0.370 e. The van der Waals surface area contributed by atoms with Gasteiger partial charge in [0.1, 0.15) is 12.6 Å². The molecule has 7 nitrogen and oxygen atoms in total. The minimum atomic E-state index is -0.465. The summed E-state index contributed by atoms with van der Waals surface area (Å²) in [4.78, 5) is 40.3. The summed E-state index contributed by atoms with van der Waals surface area (Å²) < 4.78 is 9.40. The molecule has 156 valence electrons. The molecule has 4 rings (SSSR count). The summed E-state index contributed by atoms with van der Waals surface area (Å²) in [6.07, 6.45) is -0.214. The molecule has 1 atom stereocenters. The summed E-state index contributed by atoms with van der Waals surface area (Å²) in [6.45, 7) is 3.18. The van der Waals surface area contributed by atoms with Crippen molar-refractivity contribution in [2.24, 2.45) is 0 Å². The predicted molar refractivity (Wildman–Crippen MR) is 118 cm³/mol. The van der Waals surface area contributed by atoms with Crippen molar-refractivity contribution in [2.75, 3.05) is 19.7 Å². The van der Waals surface area contributed by atoms with Crippen LogP contribution >= 0.6 is 15.9 Å². The maximum Gasteiger partial charge on any atom is 0.331 e. The third-order valence-electron chi connectivity index (χ3n) is 5.40. The van der Waals surface area contributed by atoms with Gasteiger partial charge in [-0.2, -0.15) is 0 Å². The van der Waals surface area contributed by atoms with Gasteiger partial charge in [0.2, 0.25) is 5.91 Å². The molecule has 0 N–H and O–H groups in total. The van der Waals surface area contributed by atoms with E-state index in [1.54, 1.807) is 36.1 Å². The third-order valence-corrected chi connectivity index (χ3v) is 5.93. The van der Waals surface area contributed by atoms with Gasteiger partial charge in [-0.1, -0.05) is 40.2 Å². The number of morpholine rings is 1. The molecule has 0 saturated carbocycles. The van der Waals surface area contributed by atoms with Crippen LogP contribution in [0.3, 0.4) is 0 Å². The predicted octanol–water partition coefficient (Wildman–Crippen LogP) is 2.55. The van der Waals surface area contributed by atoms with E-state index in [1.165, 1.54) is 9.13 Å². The van der Waals surface area contributed by atoms with Crippen LogP contribution in [0.25, 0.3) is 10.9 Å². The van der Waals surface area contributed by atoms with Crippen LogP contribution in [0, 0.1) is 0 Å². The van der Waals surface area contributed by atoms with Crippen LogP contribution in [0.5, 0.6) is 0 Å². The molecule has 1 aliphatic rings. The van der Waals surface area contributed by atoms with Crippen LogP contribution in [0.1, 0.15) is 18.6 Å². The normalized spacial score (nSPS) is 16.7. The summed E-state index contributed by atoms with van der Waals surface area (Å²) in [5, 5.41) is 0.432. The Kier molecular flexibility index (Phi) is 5.87. The Hall–Kier alpha value is -2.71. The van der Waals surface area contributed by atoms with Crippen LogP contribution in [0.15, 0.2) is 62.6 Å². The van der Waals surface area contributed by atoms with E-state index in [0.29, 0.717) is 30.6 Å². The molecular formula is C22H22BrN3O4. The Bertz CT molecular complexity index is 1200. The Balaban J connectivity index is 1.62. The number of carbonyl (C=O) groups is 1. The second kappa shape index (κ2) is 8.57. The molecule has 0 bridgehead atoms. The van der Waals surface area contributed by atoms with Gasteiger partial charge in [0.15, 0.2) is 0 Å². The van der Waals surface area contributed by atoms with Gasteiger partial charge >= 0.3 is 5.69 Å². The number of amides is 1. The Morgan fingerprint density at radius 1 is 1.10 bits per heavy atom. The third kappa shape index (κ3) is 3.85. The molecule has 1 aliphatic heterocycles. The van der Waals surface area contributed by atoms with E-state index in [4.69, 9.17) is 4.74 Å². The molecule has 2 heterocycles. The van der Waals surface area contributed by atoms with Gasteiger partial charge in [-0.25, -0.2) is 4.79 Å². The Morgan fingerprint density at radius 3 is 2.57 bits per heavy atom. The lowest BCUT2D eigenvalue weighted by atomic mass is 10.1. The first-order valence-corrected chi connectivity index (χ1v) is 10.7. The molecule has 0 spiro atoms. The minimum absolute atomic E-state index is 0.118. The molecule has 1 aromatic heterocycles. The van der Waals surface area contributed by atoms with Crippen molar-refractivity contribution in [2.45, 2.75) is 26.1 Å². The van der Waals surface area contributed by atoms with Crippen molar-refractivity contribution >= 4 is 32.7 Å². The van der Waals surface area contributed by atoms with Gasteiger partial charge in [-0.15, -0.1) is 0 Å². The molecular weight excluding hydrogens is 450 g/mol. The summed E-state index contributed by atoms with van der Waals surface area (Å²) in [7, 11) is 0. The lowest BCUT2D eigenvalue weighted by molar-refractivity contribution is -0.139.